The lowest BCUT2D eigenvalue weighted by atomic mass is 9.61. The second kappa shape index (κ2) is 5.68. The molecule has 1 heterocycles. The maximum absolute atomic E-state index is 6.19. The predicted molar refractivity (Wildman–Crippen MR) is 77.5 cm³/mol. The van der Waals surface area contributed by atoms with Crippen molar-refractivity contribution in [3.8, 4) is 0 Å². The summed E-state index contributed by atoms with van der Waals surface area (Å²) in [5.41, 5.74) is 8.42. The van der Waals surface area contributed by atoms with Crippen molar-refractivity contribution in [2.75, 3.05) is 6.54 Å². The Morgan fingerprint density at radius 3 is 2.94 bits per heavy atom. The first-order valence-electron chi connectivity index (χ1n) is 6.85. The molecule has 0 radical (unpaired) electrons. The molecular formula is C14H25N3S. The first-order valence-corrected chi connectivity index (χ1v) is 7.73. The van der Waals surface area contributed by atoms with Crippen molar-refractivity contribution in [3.05, 3.63) is 16.6 Å². The van der Waals surface area contributed by atoms with Gasteiger partial charge in [-0.05, 0) is 36.6 Å². The minimum absolute atomic E-state index is 0.332. The summed E-state index contributed by atoms with van der Waals surface area (Å²) in [7, 11) is 0. The van der Waals surface area contributed by atoms with E-state index >= 15 is 0 Å². The summed E-state index contributed by atoms with van der Waals surface area (Å²) in [5, 5.41) is 3.58. The van der Waals surface area contributed by atoms with Crippen LogP contribution in [0.5, 0.6) is 0 Å². The molecular weight excluding hydrogens is 242 g/mol. The van der Waals surface area contributed by atoms with E-state index in [1.54, 1.807) is 11.3 Å². The van der Waals surface area contributed by atoms with Crippen LogP contribution in [-0.4, -0.2) is 17.6 Å². The summed E-state index contributed by atoms with van der Waals surface area (Å²) in [6.45, 7) is 9.07. The Hall–Kier alpha value is -0.450. The fourth-order valence-electron chi connectivity index (χ4n) is 3.00. The predicted octanol–water partition coefficient (Wildman–Crippen LogP) is 2.63. The molecule has 1 aromatic heterocycles. The van der Waals surface area contributed by atoms with E-state index in [1.807, 2.05) is 11.7 Å². The highest BCUT2D eigenvalue weighted by Crippen LogP contribution is 2.43. The van der Waals surface area contributed by atoms with Gasteiger partial charge in [0.1, 0.15) is 0 Å². The summed E-state index contributed by atoms with van der Waals surface area (Å²) in [6, 6.07) is 0.373. The summed E-state index contributed by atoms with van der Waals surface area (Å²) < 4.78 is 0. The topological polar surface area (TPSA) is 50.9 Å². The van der Waals surface area contributed by atoms with Crippen LogP contribution in [0, 0.1) is 17.3 Å². The molecule has 0 aliphatic heterocycles. The maximum Gasteiger partial charge on any atom is 0.0794 e. The van der Waals surface area contributed by atoms with Crippen molar-refractivity contribution in [2.45, 2.75) is 46.2 Å². The van der Waals surface area contributed by atoms with Gasteiger partial charge in [-0.25, -0.2) is 0 Å². The van der Waals surface area contributed by atoms with E-state index in [9.17, 15) is 0 Å². The lowest BCUT2D eigenvalue weighted by molar-refractivity contribution is 0.0539. The van der Waals surface area contributed by atoms with Crippen molar-refractivity contribution < 1.29 is 0 Å². The monoisotopic (exact) mass is 267 g/mol. The van der Waals surface area contributed by atoms with E-state index in [-0.39, 0.29) is 0 Å². The number of aromatic nitrogens is 1. The molecule has 0 saturated heterocycles. The summed E-state index contributed by atoms with van der Waals surface area (Å²) >= 11 is 1.72. The number of rotatable bonds is 4. The van der Waals surface area contributed by atoms with Crippen molar-refractivity contribution >= 4 is 11.3 Å². The molecule has 4 heteroatoms. The number of nitrogens with one attached hydrogen (secondary N) is 1. The number of hydrogen-bond donors (Lipinski definition) is 2. The quantitative estimate of drug-likeness (QED) is 0.881. The molecule has 18 heavy (non-hydrogen) atoms. The molecule has 3 N–H and O–H groups in total. The zero-order valence-electron chi connectivity index (χ0n) is 11.6. The van der Waals surface area contributed by atoms with Gasteiger partial charge in [0.05, 0.1) is 5.51 Å². The highest BCUT2D eigenvalue weighted by Gasteiger charge is 2.41. The minimum atomic E-state index is 0.332. The summed E-state index contributed by atoms with van der Waals surface area (Å²) in [6.07, 6.45) is 4.36. The lowest BCUT2D eigenvalue weighted by Crippen LogP contribution is -2.49. The Kier molecular flexibility index (Phi) is 4.41. The normalized spacial score (nSPS) is 31.4. The first kappa shape index (κ1) is 14.0. The highest BCUT2D eigenvalue weighted by atomic mass is 32.1. The molecule has 0 bridgehead atoms. The van der Waals surface area contributed by atoms with E-state index in [0.717, 1.165) is 25.4 Å². The Bertz CT molecular complexity index is 361. The molecule has 0 spiro atoms. The van der Waals surface area contributed by atoms with Crippen LogP contribution in [0.25, 0.3) is 0 Å². The Morgan fingerprint density at radius 1 is 1.50 bits per heavy atom. The third kappa shape index (κ3) is 2.92. The van der Waals surface area contributed by atoms with Crippen molar-refractivity contribution in [3.63, 3.8) is 0 Å². The summed E-state index contributed by atoms with van der Waals surface area (Å²) in [5.74, 6) is 1.32. The number of nitrogens with two attached hydrogens (primary N) is 1. The maximum atomic E-state index is 6.19. The van der Waals surface area contributed by atoms with Gasteiger partial charge in [0.2, 0.25) is 0 Å². The Morgan fingerprint density at radius 2 is 2.28 bits per heavy atom. The Balaban J connectivity index is 1.85. The average molecular weight is 267 g/mol. The molecule has 3 nitrogen and oxygen atoms in total. The van der Waals surface area contributed by atoms with Crippen LogP contribution in [0.3, 0.4) is 0 Å². The third-order valence-electron chi connectivity index (χ3n) is 4.89. The SMILES string of the molecule is CC1C(N)CCC(CNCc2cncs2)C1(C)C. The van der Waals surface area contributed by atoms with E-state index in [1.165, 1.54) is 11.3 Å². The standard InChI is InChI=1S/C14H25N3S/c1-10-13(15)5-4-11(14(10,2)3)6-16-7-12-8-17-9-18-12/h8-11,13,16H,4-7,15H2,1-3H3. The van der Waals surface area contributed by atoms with Crippen LogP contribution in [0.15, 0.2) is 11.7 Å². The fourth-order valence-corrected chi connectivity index (χ4v) is 3.57. The number of nitrogens with zero attached hydrogens (tertiary/aromatic N) is 1. The number of hydrogen-bond acceptors (Lipinski definition) is 4. The van der Waals surface area contributed by atoms with E-state index in [4.69, 9.17) is 5.73 Å². The zero-order valence-corrected chi connectivity index (χ0v) is 12.5. The molecule has 3 atom stereocenters. The van der Waals surface area contributed by atoms with Gasteiger partial charge in [-0.2, -0.15) is 0 Å². The van der Waals surface area contributed by atoms with Crippen molar-refractivity contribution in [1.82, 2.24) is 10.3 Å². The Labute approximate surface area is 114 Å². The second-order valence-corrected chi connectivity index (χ2v) is 7.12. The molecule has 3 unspecified atom stereocenters. The van der Waals surface area contributed by atoms with Crippen LogP contribution in [0.4, 0.5) is 0 Å². The van der Waals surface area contributed by atoms with E-state index in [2.05, 4.69) is 31.1 Å². The molecule has 1 aliphatic rings. The smallest absolute Gasteiger partial charge is 0.0794 e. The molecule has 0 aromatic carbocycles. The van der Waals surface area contributed by atoms with Crippen LogP contribution in [-0.2, 0) is 6.54 Å². The largest absolute Gasteiger partial charge is 0.327 e. The molecule has 102 valence electrons. The van der Waals surface area contributed by atoms with Gasteiger partial charge in [-0.15, -0.1) is 11.3 Å². The molecule has 1 saturated carbocycles. The van der Waals surface area contributed by atoms with Gasteiger partial charge < -0.3 is 11.1 Å². The van der Waals surface area contributed by atoms with Crippen molar-refractivity contribution in [2.24, 2.45) is 23.0 Å². The van der Waals surface area contributed by atoms with E-state index in [0.29, 0.717) is 17.4 Å². The van der Waals surface area contributed by atoms with Crippen molar-refractivity contribution in [1.29, 1.82) is 0 Å². The van der Waals surface area contributed by atoms with Gasteiger partial charge in [-0.3, -0.25) is 4.98 Å². The average Bonchev–Trinajstić information content (AvgIpc) is 2.83. The highest BCUT2D eigenvalue weighted by molar-refractivity contribution is 7.09. The van der Waals surface area contributed by atoms with Gasteiger partial charge in [-0.1, -0.05) is 20.8 Å². The minimum Gasteiger partial charge on any atom is -0.327 e. The molecule has 2 rings (SSSR count). The fraction of sp³-hybridized carbons (Fsp3) is 0.786. The van der Waals surface area contributed by atoms with Gasteiger partial charge in [0, 0.05) is 23.7 Å². The van der Waals surface area contributed by atoms with Crippen LogP contribution < -0.4 is 11.1 Å². The molecule has 1 fully saturated rings. The second-order valence-electron chi connectivity index (χ2n) is 6.15. The molecule has 0 amide bonds. The molecule has 1 aromatic rings. The van der Waals surface area contributed by atoms with Gasteiger partial charge >= 0.3 is 0 Å². The van der Waals surface area contributed by atoms with Crippen LogP contribution in [0.1, 0.15) is 38.5 Å². The van der Waals surface area contributed by atoms with Gasteiger partial charge in [0.25, 0.3) is 0 Å². The van der Waals surface area contributed by atoms with Crippen LogP contribution >= 0.6 is 11.3 Å². The first-order chi connectivity index (χ1) is 8.51. The van der Waals surface area contributed by atoms with Crippen LogP contribution in [0.2, 0.25) is 0 Å². The zero-order chi connectivity index (χ0) is 13.2. The summed E-state index contributed by atoms with van der Waals surface area (Å²) in [4.78, 5) is 5.41. The third-order valence-corrected chi connectivity index (χ3v) is 5.67. The van der Waals surface area contributed by atoms with Gasteiger partial charge in [0.15, 0.2) is 0 Å². The number of thiazole rings is 1. The molecule has 1 aliphatic carbocycles. The van der Waals surface area contributed by atoms with E-state index < -0.39 is 0 Å². The lowest BCUT2D eigenvalue weighted by Gasteiger charge is -2.47.